The molecule has 3 aromatic carbocycles. The molecule has 0 aliphatic carbocycles. The van der Waals surface area contributed by atoms with Gasteiger partial charge in [0, 0.05) is 41.6 Å². The predicted molar refractivity (Wildman–Crippen MR) is 140 cm³/mol. The summed E-state index contributed by atoms with van der Waals surface area (Å²) in [7, 11) is 1.55. The molecule has 8 nitrogen and oxygen atoms in total. The third kappa shape index (κ3) is 5.04. The van der Waals surface area contributed by atoms with Crippen molar-refractivity contribution < 1.29 is 24.2 Å². The van der Waals surface area contributed by atoms with Crippen molar-refractivity contribution in [1.29, 1.82) is 0 Å². The van der Waals surface area contributed by atoms with E-state index in [4.69, 9.17) is 9.47 Å². The number of hydrogen-bond acceptors (Lipinski definition) is 6. The fraction of sp³-hybridized carbons (Fsp3) is 0.207. The van der Waals surface area contributed by atoms with Crippen molar-refractivity contribution in [2.75, 3.05) is 19.0 Å². The molecule has 2 N–H and O–H groups in total. The van der Waals surface area contributed by atoms with Crippen molar-refractivity contribution in [3.63, 3.8) is 0 Å². The topological polar surface area (TPSA) is 101 Å². The zero-order chi connectivity index (χ0) is 25.8. The molecule has 0 bridgehead atoms. The minimum absolute atomic E-state index is 0.0697. The van der Waals surface area contributed by atoms with Crippen LogP contribution < -0.4 is 14.8 Å². The highest BCUT2D eigenvalue weighted by Crippen LogP contribution is 2.33. The predicted octanol–water partition coefficient (Wildman–Crippen LogP) is 4.77. The van der Waals surface area contributed by atoms with Gasteiger partial charge in [0.2, 0.25) is 5.91 Å². The first-order chi connectivity index (χ1) is 18.0. The second kappa shape index (κ2) is 10.6. The molecule has 1 aromatic heterocycles. The summed E-state index contributed by atoms with van der Waals surface area (Å²) in [6.07, 6.45) is 4.64. The molecule has 1 saturated heterocycles. The van der Waals surface area contributed by atoms with Gasteiger partial charge >= 0.3 is 0 Å². The Kier molecular flexibility index (Phi) is 6.89. The number of amides is 2. The van der Waals surface area contributed by atoms with Gasteiger partial charge in [-0.2, -0.15) is 0 Å². The van der Waals surface area contributed by atoms with Crippen LogP contribution in [-0.2, 0) is 11.4 Å². The van der Waals surface area contributed by atoms with Gasteiger partial charge in [-0.15, -0.1) is 0 Å². The summed E-state index contributed by atoms with van der Waals surface area (Å²) in [5.41, 5.74) is 1.62. The molecule has 8 heteroatoms. The van der Waals surface area contributed by atoms with Gasteiger partial charge in [-0.3, -0.25) is 14.6 Å². The third-order valence-electron chi connectivity index (χ3n) is 6.50. The molecule has 1 aliphatic heterocycles. The number of fused-ring (bicyclic) bond motifs is 1. The number of aromatic hydroxyl groups is 1. The summed E-state index contributed by atoms with van der Waals surface area (Å²) >= 11 is 0. The molecule has 37 heavy (non-hydrogen) atoms. The molecule has 1 unspecified atom stereocenters. The number of carbonyl (C=O) groups excluding carboxylic acids is 2. The molecular formula is C29H27N3O5. The maximum absolute atomic E-state index is 13.4. The summed E-state index contributed by atoms with van der Waals surface area (Å²) in [5, 5.41) is 15.1. The fourth-order valence-electron chi connectivity index (χ4n) is 4.60. The van der Waals surface area contributed by atoms with Crippen molar-refractivity contribution >= 4 is 28.3 Å². The van der Waals surface area contributed by atoms with E-state index < -0.39 is 6.04 Å². The van der Waals surface area contributed by atoms with Crippen molar-refractivity contribution in [1.82, 2.24) is 9.88 Å². The van der Waals surface area contributed by atoms with Crippen LogP contribution in [0, 0.1) is 0 Å². The number of carbonyl (C=O) groups is 2. The third-order valence-corrected chi connectivity index (χ3v) is 6.50. The van der Waals surface area contributed by atoms with E-state index in [0.717, 1.165) is 10.9 Å². The lowest BCUT2D eigenvalue weighted by atomic mass is 10.0. The Bertz CT molecular complexity index is 1440. The zero-order valence-electron chi connectivity index (χ0n) is 20.4. The first-order valence-corrected chi connectivity index (χ1v) is 12.1. The molecule has 0 saturated carbocycles. The average Bonchev–Trinajstić information content (AvgIpc) is 3.43. The molecule has 2 amide bonds. The van der Waals surface area contributed by atoms with Crippen LogP contribution in [-0.4, -0.2) is 46.5 Å². The van der Waals surface area contributed by atoms with E-state index in [9.17, 15) is 14.7 Å². The number of benzene rings is 3. The summed E-state index contributed by atoms with van der Waals surface area (Å²) in [6, 6.07) is 19.0. The highest BCUT2D eigenvalue weighted by atomic mass is 16.5. The van der Waals surface area contributed by atoms with E-state index in [0.29, 0.717) is 48.6 Å². The number of phenolic OH excluding ortho intramolecular Hbond substituents is 1. The Morgan fingerprint density at radius 2 is 1.95 bits per heavy atom. The van der Waals surface area contributed by atoms with Gasteiger partial charge in [0.05, 0.1) is 12.7 Å². The van der Waals surface area contributed by atoms with Gasteiger partial charge in [0.25, 0.3) is 5.91 Å². The molecule has 1 atom stereocenters. The number of nitrogens with one attached hydrogen (secondary N) is 1. The van der Waals surface area contributed by atoms with E-state index >= 15 is 0 Å². The largest absolute Gasteiger partial charge is 0.506 e. The monoisotopic (exact) mass is 497 g/mol. The highest BCUT2D eigenvalue weighted by molar-refractivity contribution is 6.06. The normalized spacial score (nSPS) is 14.9. The average molecular weight is 498 g/mol. The first kappa shape index (κ1) is 24.1. The van der Waals surface area contributed by atoms with Gasteiger partial charge < -0.3 is 24.8 Å². The van der Waals surface area contributed by atoms with Crippen LogP contribution in [0.1, 0.15) is 28.8 Å². The van der Waals surface area contributed by atoms with Crippen molar-refractivity contribution in [2.24, 2.45) is 0 Å². The van der Waals surface area contributed by atoms with E-state index in [2.05, 4.69) is 10.3 Å². The summed E-state index contributed by atoms with van der Waals surface area (Å²) < 4.78 is 11.3. The Labute approximate surface area is 214 Å². The van der Waals surface area contributed by atoms with Crippen LogP contribution in [0.3, 0.4) is 0 Å². The minimum Gasteiger partial charge on any atom is -0.506 e. The van der Waals surface area contributed by atoms with Gasteiger partial charge in [-0.25, -0.2) is 0 Å². The van der Waals surface area contributed by atoms with E-state index in [1.165, 1.54) is 4.90 Å². The van der Waals surface area contributed by atoms with Crippen LogP contribution >= 0.6 is 0 Å². The first-order valence-electron chi connectivity index (χ1n) is 12.1. The molecule has 1 aliphatic rings. The molecule has 5 rings (SSSR count). The summed E-state index contributed by atoms with van der Waals surface area (Å²) in [6.45, 7) is 0.729. The second-order valence-corrected chi connectivity index (χ2v) is 8.84. The zero-order valence-corrected chi connectivity index (χ0v) is 20.4. The highest BCUT2D eigenvalue weighted by Gasteiger charge is 2.35. The van der Waals surface area contributed by atoms with E-state index in [-0.39, 0.29) is 23.1 Å². The smallest absolute Gasteiger partial charge is 0.258 e. The Morgan fingerprint density at radius 1 is 1.08 bits per heavy atom. The standard InChI is InChI=1S/C29H27N3O5/c1-36-25-13-11-21(16-26(25)37-18-19-6-4-14-30-17-19)31-28(34)24-9-5-15-32(24)29(35)23-12-10-20-7-2-3-8-22(20)27(23)33/h2-4,6-8,10-14,16-17,24,33H,5,9,15,18H2,1H3,(H,31,34). The van der Waals surface area contributed by atoms with Crippen LogP contribution in [0.5, 0.6) is 17.2 Å². The number of pyridine rings is 1. The maximum atomic E-state index is 13.4. The number of hydrogen-bond donors (Lipinski definition) is 2. The Balaban J connectivity index is 1.32. The number of phenols is 1. The molecule has 1 fully saturated rings. The lowest BCUT2D eigenvalue weighted by Crippen LogP contribution is -2.43. The van der Waals surface area contributed by atoms with Crippen molar-refractivity contribution in [3.05, 3.63) is 90.3 Å². The lowest BCUT2D eigenvalue weighted by Gasteiger charge is -2.25. The molecular weight excluding hydrogens is 470 g/mol. The number of likely N-dealkylation sites (tertiary alicyclic amines) is 1. The Hall–Kier alpha value is -4.59. The summed E-state index contributed by atoms with van der Waals surface area (Å²) in [4.78, 5) is 32.3. The number of aromatic nitrogens is 1. The molecule has 0 radical (unpaired) electrons. The van der Waals surface area contributed by atoms with Crippen LogP contribution in [0.25, 0.3) is 10.8 Å². The number of anilines is 1. The fourth-order valence-corrected chi connectivity index (χ4v) is 4.60. The lowest BCUT2D eigenvalue weighted by molar-refractivity contribution is -0.119. The van der Waals surface area contributed by atoms with Crippen LogP contribution in [0.2, 0.25) is 0 Å². The molecule has 4 aromatic rings. The van der Waals surface area contributed by atoms with E-state index in [1.807, 2.05) is 30.3 Å². The number of rotatable bonds is 7. The Morgan fingerprint density at radius 3 is 2.76 bits per heavy atom. The van der Waals surface area contributed by atoms with Gasteiger partial charge in [0.1, 0.15) is 18.4 Å². The van der Waals surface area contributed by atoms with Gasteiger partial charge in [0.15, 0.2) is 11.5 Å². The second-order valence-electron chi connectivity index (χ2n) is 8.84. The quantitative estimate of drug-likeness (QED) is 0.381. The van der Waals surface area contributed by atoms with Crippen LogP contribution in [0.15, 0.2) is 79.1 Å². The van der Waals surface area contributed by atoms with Crippen molar-refractivity contribution in [3.8, 4) is 17.2 Å². The van der Waals surface area contributed by atoms with Gasteiger partial charge in [-0.05, 0) is 42.5 Å². The minimum atomic E-state index is -0.653. The number of nitrogens with zero attached hydrogens (tertiary/aromatic N) is 2. The molecule has 0 spiro atoms. The van der Waals surface area contributed by atoms with Crippen molar-refractivity contribution in [2.45, 2.75) is 25.5 Å². The SMILES string of the molecule is COc1ccc(NC(=O)C2CCCN2C(=O)c2ccc3ccccc3c2O)cc1OCc1cccnc1. The van der Waals surface area contributed by atoms with Crippen LogP contribution in [0.4, 0.5) is 5.69 Å². The maximum Gasteiger partial charge on any atom is 0.258 e. The number of methoxy groups -OCH3 is 1. The number of ether oxygens (including phenoxy) is 2. The summed E-state index contributed by atoms with van der Waals surface area (Å²) in [5.74, 6) is 0.279. The van der Waals surface area contributed by atoms with E-state index in [1.54, 1.807) is 55.9 Å². The molecule has 2 heterocycles. The van der Waals surface area contributed by atoms with Gasteiger partial charge in [-0.1, -0.05) is 36.4 Å². The molecule has 188 valence electrons.